The van der Waals surface area contributed by atoms with E-state index in [-0.39, 0.29) is 37.5 Å². The fraction of sp³-hybridized carbons (Fsp3) is 0.526. The van der Waals surface area contributed by atoms with Gasteiger partial charge in [0.15, 0.2) is 0 Å². The number of carbonyl (C=O) groups excluding carboxylic acids is 3. The molecular formula is C19H26ClN3O4. The van der Waals surface area contributed by atoms with Crippen LogP contribution in [-0.4, -0.2) is 67.5 Å². The van der Waals surface area contributed by atoms with Crippen molar-refractivity contribution in [2.24, 2.45) is 0 Å². The molecule has 1 heterocycles. The van der Waals surface area contributed by atoms with Crippen LogP contribution in [0.15, 0.2) is 18.2 Å². The summed E-state index contributed by atoms with van der Waals surface area (Å²) in [4.78, 5) is 41.8. The number of nitrogens with zero attached hydrogens (tertiary/aromatic N) is 3. The molecule has 0 aromatic heterocycles. The number of amides is 3. The number of methoxy groups -OCH3 is 1. The van der Waals surface area contributed by atoms with Gasteiger partial charge in [0.1, 0.15) is 13.2 Å². The first-order valence-corrected chi connectivity index (χ1v) is 9.36. The van der Waals surface area contributed by atoms with Crippen LogP contribution >= 0.6 is 11.6 Å². The lowest BCUT2D eigenvalue weighted by molar-refractivity contribution is -0.140. The van der Waals surface area contributed by atoms with Gasteiger partial charge in [0, 0.05) is 37.4 Å². The first kappa shape index (κ1) is 21.2. The molecule has 148 valence electrons. The molecule has 1 saturated heterocycles. The van der Waals surface area contributed by atoms with E-state index in [1.54, 1.807) is 31.1 Å². The lowest BCUT2D eigenvalue weighted by Crippen LogP contribution is -2.43. The molecule has 27 heavy (non-hydrogen) atoms. The molecule has 8 heteroatoms. The first-order valence-electron chi connectivity index (χ1n) is 8.99. The summed E-state index contributed by atoms with van der Waals surface area (Å²) in [6, 6.07) is 5.35. The summed E-state index contributed by atoms with van der Waals surface area (Å²) < 4.78 is 5.01. The van der Waals surface area contributed by atoms with E-state index in [9.17, 15) is 14.4 Å². The molecule has 0 spiro atoms. The summed E-state index contributed by atoms with van der Waals surface area (Å²) in [5, 5.41) is 0.572. The van der Waals surface area contributed by atoms with Crippen LogP contribution in [0, 0.1) is 6.92 Å². The fourth-order valence-electron chi connectivity index (χ4n) is 2.99. The van der Waals surface area contributed by atoms with Gasteiger partial charge >= 0.3 is 0 Å². The third-order valence-electron chi connectivity index (χ3n) is 4.58. The standard InChI is InChI=1S/C19H26ClN3O4/c1-4-17(24)21(9-6-10-27-3)11-18(25)22-12-19(26)23(13-22)16-8-5-7-15(20)14(16)2/h5,7-8H,4,6,9-13H2,1-3H3. The fourth-order valence-corrected chi connectivity index (χ4v) is 3.16. The van der Waals surface area contributed by atoms with Crippen molar-refractivity contribution in [3.05, 3.63) is 28.8 Å². The maximum absolute atomic E-state index is 12.7. The van der Waals surface area contributed by atoms with Gasteiger partial charge in [0.05, 0.1) is 6.54 Å². The van der Waals surface area contributed by atoms with Crippen LogP contribution in [0.3, 0.4) is 0 Å². The number of hydrogen-bond donors (Lipinski definition) is 0. The molecule has 0 atom stereocenters. The summed E-state index contributed by atoms with van der Waals surface area (Å²) in [5.41, 5.74) is 1.49. The van der Waals surface area contributed by atoms with Crippen molar-refractivity contribution in [1.82, 2.24) is 9.80 Å². The second-order valence-corrected chi connectivity index (χ2v) is 6.86. The minimum absolute atomic E-state index is 0.00296. The van der Waals surface area contributed by atoms with E-state index >= 15 is 0 Å². The van der Waals surface area contributed by atoms with Crippen LogP contribution in [0.25, 0.3) is 0 Å². The number of ether oxygens (including phenoxy) is 1. The van der Waals surface area contributed by atoms with Crippen LogP contribution < -0.4 is 4.90 Å². The van der Waals surface area contributed by atoms with Gasteiger partial charge in [-0.15, -0.1) is 0 Å². The number of benzene rings is 1. The van der Waals surface area contributed by atoms with E-state index in [0.717, 1.165) is 5.56 Å². The van der Waals surface area contributed by atoms with E-state index in [2.05, 4.69) is 0 Å². The highest BCUT2D eigenvalue weighted by molar-refractivity contribution is 6.31. The molecule has 0 aliphatic carbocycles. The topological polar surface area (TPSA) is 70.2 Å². The van der Waals surface area contributed by atoms with Gasteiger partial charge in [0.25, 0.3) is 0 Å². The largest absolute Gasteiger partial charge is 0.385 e. The normalized spacial score (nSPS) is 14.0. The average molecular weight is 396 g/mol. The maximum atomic E-state index is 12.7. The zero-order chi connectivity index (χ0) is 20.0. The zero-order valence-corrected chi connectivity index (χ0v) is 16.8. The van der Waals surface area contributed by atoms with Gasteiger partial charge in [0.2, 0.25) is 17.7 Å². The van der Waals surface area contributed by atoms with Gasteiger partial charge in [-0.3, -0.25) is 19.3 Å². The molecule has 2 rings (SSSR count). The van der Waals surface area contributed by atoms with E-state index < -0.39 is 0 Å². The summed E-state index contributed by atoms with van der Waals surface area (Å²) in [7, 11) is 1.60. The summed E-state index contributed by atoms with van der Waals surface area (Å²) in [6.07, 6.45) is 0.981. The van der Waals surface area contributed by atoms with Crippen LogP contribution in [0.4, 0.5) is 5.69 Å². The molecule has 1 aliphatic rings. The quantitative estimate of drug-likeness (QED) is 0.632. The van der Waals surface area contributed by atoms with E-state index in [1.807, 2.05) is 13.0 Å². The number of halogens is 1. The van der Waals surface area contributed by atoms with Crippen LogP contribution in [0.1, 0.15) is 25.3 Å². The molecule has 7 nitrogen and oxygen atoms in total. The minimum Gasteiger partial charge on any atom is -0.385 e. The number of hydrogen-bond acceptors (Lipinski definition) is 4. The lowest BCUT2D eigenvalue weighted by Gasteiger charge is -2.25. The summed E-state index contributed by atoms with van der Waals surface area (Å²) in [5.74, 6) is -0.501. The lowest BCUT2D eigenvalue weighted by atomic mass is 10.2. The van der Waals surface area contributed by atoms with Crippen molar-refractivity contribution in [2.45, 2.75) is 26.7 Å². The molecule has 1 aromatic rings. The highest BCUT2D eigenvalue weighted by Crippen LogP contribution is 2.28. The Hall–Kier alpha value is -2.12. The third kappa shape index (κ3) is 5.20. The predicted molar refractivity (Wildman–Crippen MR) is 104 cm³/mol. The Labute approximate surface area is 164 Å². The molecule has 3 amide bonds. The van der Waals surface area contributed by atoms with Crippen molar-refractivity contribution in [3.8, 4) is 0 Å². The molecule has 0 unspecified atom stereocenters. The van der Waals surface area contributed by atoms with Gasteiger partial charge in [-0.2, -0.15) is 0 Å². The monoisotopic (exact) mass is 395 g/mol. The Morgan fingerprint density at radius 1 is 1.33 bits per heavy atom. The Balaban J connectivity index is 2.05. The van der Waals surface area contributed by atoms with Crippen LogP contribution in [0.5, 0.6) is 0 Å². The molecule has 0 saturated carbocycles. The number of anilines is 1. The van der Waals surface area contributed by atoms with Crippen LogP contribution in [0.2, 0.25) is 5.02 Å². The predicted octanol–water partition coefficient (Wildman–Crippen LogP) is 2.06. The Bertz CT molecular complexity index is 710. The summed E-state index contributed by atoms with van der Waals surface area (Å²) >= 11 is 6.15. The molecular weight excluding hydrogens is 370 g/mol. The SMILES string of the molecule is CCC(=O)N(CCCOC)CC(=O)N1CC(=O)N(c2cccc(Cl)c2C)C1. The third-order valence-corrected chi connectivity index (χ3v) is 4.99. The molecule has 0 N–H and O–H groups in total. The maximum Gasteiger partial charge on any atom is 0.248 e. The van der Waals surface area contributed by atoms with Crippen molar-refractivity contribution in [2.75, 3.05) is 44.9 Å². The van der Waals surface area contributed by atoms with Crippen molar-refractivity contribution < 1.29 is 19.1 Å². The Morgan fingerprint density at radius 3 is 2.74 bits per heavy atom. The van der Waals surface area contributed by atoms with E-state index in [1.165, 1.54) is 9.80 Å². The van der Waals surface area contributed by atoms with Crippen LogP contribution in [-0.2, 0) is 19.1 Å². The second kappa shape index (κ2) is 9.71. The van der Waals surface area contributed by atoms with E-state index in [0.29, 0.717) is 36.7 Å². The first-order chi connectivity index (χ1) is 12.9. The average Bonchev–Trinajstić information content (AvgIpc) is 3.04. The molecule has 0 bridgehead atoms. The van der Waals surface area contributed by atoms with Gasteiger partial charge < -0.3 is 14.5 Å². The number of carbonyl (C=O) groups is 3. The second-order valence-electron chi connectivity index (χ2n) is 6.45. The Morgan fingerprint density at radius 2 is 2.07 bits per heavy atom. The zero-order valence-electron chi connectivity index (χ0n) is 16.0. The van der Waals surface area contributed by atoms with E-state index in [4.69, 9.17) is 16.3 Å². The highest BCUT2D eigenvalue weighted by Gasteiger charge is 2.33. The highest BCUT2D eigenvalue weighted by atomic mass is 35.5. The molecule has 1 aliphatic heterocycles. The van der Waals surface area contributed by atoms with Crippen molar-refractivity contribution in [1.29, 1.82) is 0 Å². The Kier molecular flexibility index (Phi) is 7.62. The minimum atomic E-state index is -0.246. The van der Waals surface area contributed by atoms with Crippen molar-refractivity contribution in [3.63, 3.8) is 0 Å². The molecule has 1 fully saturated rings. The van der Waals surface area contributed by atoms with Gasteiger partial charge in [-0.25, -0.2) is 0 Å². The number of rotatable bonds is 8. The van der Waals surface area contributed by atoms with Gasteiger partial charge in [-0.1, -0.05) is 24.6 Å². The van der Waals surface area contributed by atoms with Crippen molar-refractivity contribution >= 4 is 35.0 Å². The van der Waals surface area contributed by atoms with Gasteiger partial charge in [-0.05, 0) is 31.0 Å². The molecule has 1 aromatic carbocycles. The molecule has 0 radical (unpaired) electrons. The smallest absolute Gasteiger partial charge is 0.248 e. The summed E-state index contributed by atoms with van der Waals surface area (Å²) in [6.45, 7) is 4.69.